The van der Waals surface area contributed by atoms with Crippen LogP contribution in [-0.2, 0) is 27.3 Å². The molecule has 2 atom stereocenters. The average Bonchev–Trinajstić information content (AvgIpc) is 2.74. The van der Waals surface area contributed by atoms with E-state index in [0.29, 0.717) is 8.58 Å². The van der Waals surface area contributed by atoms with Crippen LogP contribution in [0.2, 0.25) is 0 Å². The Bertz CT molecular complexity index is 908. The van der Waals surface area contributed by atoms with Gasteiger partial charge in [-0.15, -0.1) is 0 Å². The van der Waals surface area contributed by atoms with Crippen molar-refractivity contribution < 1.29 is 14.6 Å². The number of hydrogen-bond donors (Lipinski definition) is 1. The largest absolute Gasteiger partial charge is 0.467 e. The summed E-state index contributed by atoms with van der Waals surface area (Å²) in [5, 5.41) is 11.1. The van der Waals surface area contributed by atoms with Crippen LogP contribution in [0.1, 0.15) is 96.9 Å². The first-order chi connectivity index (χ1) is 15.4. The Hall–Kier alpha value is -1.41. The monoisotopic (exact) mass is 472 g/mol. The number of unbranched alkanes of at least 4 members (excludes halogenated alkanes) is 1. The van der Waals surface area contributed by atoms with Crippen LogP contribution < -0.4 is 10.0 Å². The molecule has 0 amide bonds. The zero-order valence-corrected chi connectivity index (χ0v) is 23.3. The summed E-state index contributed by atoms with van der Waals surface area (Å²) in [5.41, 5.74) is 4.78. The summed E-state index contributed by atoms with van der Waals surface area (Å²) < 4.78 is 11.7. The molecule has 4 heteroatoms. The molecule has 0 aliphatic carbocycles. The van der Waals surface area contributed by atoms with Crippen LogP contribution >= 0.6 is 8.58 Å². The van der Waals surface area contributed by atoms with Crippen molar-refractivity contribution in [1.29, 1.82) is 0 Å². The molecule has 2 aromatic carbocycles. The number of methoxy groups -OCH3 is 1. The van der Waals surface area contributed by atoms with Gasteiger partial charge in [-0.3, -0.25) is 0 Å². The second-order valence-electron chi connectivity index (χ2n) is 11.3. The highest BCUT2D eigenvalue weighted by atomic mass is 31.1. The van der Waals surface area contributed by atoms with E-state index in [1.807, 2.05) is 12.1 Å². The van der Waals surface area contributed by atoms with Crippen LogP contribution in [0, 0.1) is 0 Å². The maximum absolute atomic E-state index is 10.00. The van der Waals surface area contributed by atoms with Crippen molar-refractivity contribution in [2.45, 2.75) is 97.2 Å². The summed E-state index contributed by atoms with van der Waals surface area (Å²) in [5.74, 6) is 0.963. The van der Waals surface area contributed by atoms with Gasteiger partial charge in [0.2, 0.25) is 0 Å². The highest BCUT2D eigenvalue weighted by molar-refractivity contribution is 7.48. The molecule has 0 aliphatic heterocycles. The van der Waals surface area contributed by atoms with Gasteiger partial charge in [-0.1, -0.05) is 113 Å². The number of benzene rings is 2. The minimum atomic E-state index is -0.119. The fourth-order valence-electron chi connectivity index (χ4n) is 4.17. The fraction of sp³-hybridized carbons (Fsp3) is 0.586. The van der Waals surface area contributed by atoms with Crippen molar-refractivity contribution in [2.75, 3.05) is 13.9 Å². The summed E-state index contributed by atoms with van der Waals surface area (Å²) in [4.78, 5) is 0. The Morgan fingerprint density at radius 1 is 0.909 bits per heavy atom. The lowest BCUT2D eigenvalue weighted by Gasteiger charge is -2.37. The molecule has 0 aromatic heterocycles. The molecular weight excluding hydrogens is 427 g/mol. The Kier molecular flexibility index (Phi) is 9.57. The zero-order chi connectivity index (χ0) is 24.9. The van der Waals surface area contributed by atoms with E-state index in [1.54, 1.807) is 7.11 Å². The van der Waals surface area contributed by atoms with Crippen molar-refractivity contribution in [3.05, 3.63) is 58.7 Å². The van der Waals surface area contributed by atoms with E-state index in [4.69, 9.17) is 9.47 Å². The molecule has 0 fully saturated rings. The lowest BCUT2D eigenvalue weighted by atomic mass is 9.76. The summed E-state index contributed by atoms with van der Waals surface area (Å²) >= 11 is 0. The lowest BCUT2D eigenvalue weighted by Crippen LogP contribution is -2.26. The normalized spacial score (nSPS) is 14.6. The molecule has 2 rings (SSSR count). The topological polar surface area (TPSA) is 38.7 Å². The summed E-state index contributed by atoms with van der Waals surface area (Å²) in [6.45, 7) is 18.5. The number of aliphatic hydroxyl groups is 1. The highest BCUT2D eigenvalue weighted by Crippen LogP contribution is 2.52. The van der Waals surface area contributed by atoms with E-state index in [1.165, 1.54) is 22.0 Å². The van der Waals surface area contributed by atoms with E-state index < -0.39 is 0 Å². The molecule has 0 saturated heterocycles. The van der Waals surface area contributed by atoms with Gasteiger partial charge >= 0.3 is 0 Å². The third kappa shape index (κ3) is 7.04. The smallest absolute Gasteiger partial charge is 0.188 e. The number of ether oxygens (including phenoxy) is 2. The molecule has 0 bridgehead atoms. The average molecular weight is 473 g/mol. The van der Waals surface area contributed by atoms with Gasteiger partial charge in [-0.05, 0) is 33.7 Å². The van der Waals surface area contributed by atoms with Crippen LogP contribution in [0.5, 0.6) is 5.75 Å². The first-order valence-electron chi connectivity index (χ1n) is 12.2. The second-order valence-corrected chi connectivity index (χ2v) is 13.2. The molecule has 0 spiro atoms. The van der Waals surface area contributed by atoms with E-state index in [-0.39, 0.29) is 29.4 Å². The maximum Gasteiger partial charge on any atom is 0.188 e. The highest BCUT2D eigenvalue weighted by Gasteiger charge is 2.35. The quantitative estimate of drug-likeness (QED) is 0.294. The van der Waals surface area contributed by atoms with Crippen LogP contribution in [0.25, 0.3) is 0 Å². The van der Waals surface area contributed by atoms with Gasteiger partial charge in [0.15, 0.2) is 6.79 Å². The molecule has 184 valence electrons. The van der Waals surface area contributed by atoms with Gasteiger partial charge in [0.05, 0.1) is 6.61 Å². The molecule has 0 heterocycles. The minimum Gasteiger partial charge on any atom is -0.467 e. The summed E-state index contributed by atoms with van der Waals surface area (Å²) in [6.07, 6.45) is 3.34. The number of hydrogen-bond acceptors (Lipinski definition) is 3. The van der Waals surface area contributed by atoms with Crippen molar-refractivity contribution in [3.8, 4) is 5.75 Å². The molecular formula is C29H45O3P. The van der Waals surface area contributed by atoms with E-state index >= 15 is 0 Å². The SMILES string of the molecule is CCCCC(C)(Pc1ccccc1CO)c1cc(C(C)(C)C)cc(C(C)(C)C)c1OCOC. The molecule has 2 unspecified atom stereocenters. The predicted molar refractivity (Wildman–Crippen MR) is 144 cm³/mol. The van der Waals surface area contributed by atoms with Crippen LogP contribution in [-0.4, -0.2) is 19.0 Å². The van der Waals surface area contributed by atoms with E-state index in [2.05, 4.69) is 79.7 Å². The van der Waals surface area contributed by atoms with Gasteiger partial charge in [-0.2, -0.15) is 0 Å². The third-order valence-corrected chi connectivity index (χ3v) is 8.14. The van der Waals surface area contributed by atoms with Crippen LogP contribution in [0.15, 0.2) is 36.4 Å². The molecule has 3 nitrogen and oxygen atoms in total. The van der Waals surface area contributed by atoms with Crippen LogP contribution in [0.3, 0.4) is 0 Å². The van der Waals surface area contributed by atoms with E-state index in [9.17, 15) is 5.11 Å². The minimum absolute atomic E-state index is 0.0202. The Balaban J connectivity index is 2.83. The van der Waals surface area contributed by atoms with Crippen LogP contribution in [0.4, 0.5) is 0 Å². The maximum atomic E-state index is 10.00. The van der Waals surface area contributed by atoms with Gasteiger partial charge < -0.3 is 14.6 Å². The Morgan fingerprint density at radius 2 is 1.55 bits per heavy atom. The second kappa shape index (κ2) is 11.3. The molecule has 0 radical (unpaired) electrons. The Labute approximate surface area is 204 Å². The first-order valence-corrected chi connectivity index (χ1v) is 13.2. The number of aliphatic hydroxyl groups excluding tert-OH is 1. The first kappa shape index (κ1) is 27.8. The van der Waals surface area contributed by atoms with Crippen molar-refractivity contribution in [2.24, 2.45) is 0 Å². The number of rotatable bonds is 10. The van der Waals surface area contributed by atoms with Crippen molar-refractivity contribution in [1.82, 2.24) is 0 Å². The Morgan fingerprint density at radius 3 is 2.09 bits per heavy atom. The molecule has 33 heavy (non-hydrogen) atoms. The van der Waals surface area contributed by atoms with Gasteiger partial charge in [0.1, 0.15) is 5.75 Å². The summed E-state index contributed by atoms with van der Waals surface area (Å²) in [7, 11) is 2.20. The third-order valence-electron chi connectivity index (χ3n) is 6.31. The zero-order valence-electron chi connectivity index (χ0n) is 22.3. The van der Waals surface area contributed by atoms with Crippen molar-refractivity contribution >= 4 is 13.9 Å². The van der Waals surface area contributed by atoms with E-state index in [0.717, 1.165) is 30.6 Å². The fourth-order valence-corrected chi connectivity index (χ4v) is 5.89. The predicted octanol–water partition coefficient (Wildman–Crippen LogP) is 7.17. The van der Waals surface area contributed by atoms with Gasteiger partial charge in [0.25, 0.3) is 0 Å². The van der Waals surface area contributed by atoms with Crippen molar-refractivity contribution in [3.63, 3.8) is 0 Å². The molecule has 1 N–H and O–H groups in total. The van der Waals surface area contributed by atoms with Gasteiger partial charge in [-0.25, -0.2) is 0 Å². The van der Waals surface area contributed by atoms with Gasteiger partial charge in [0, 0.05) is 23.4 Å². The molecule has 2 aromatic rings. The molecule has 0 saturated carbocycles. The lowest BCUT2D eigenvalue weighted by molar-refractivity contribution is 0.0486. The summed E-state index contributed by atoms with van der Waals surface area (Å²) in [6, 6.07) is 13.0. The standard InChI is InChI=1S/C29H45O3P/c1-10-11-16-29(8,33-25-15-13-12-14-21(25)19-30)24-18-22(27(2,3)4)17-23(28(5,6)7)26(24)32-20-31-9/h12-15,17-18,30,33H,10-11,16,19-20H2,1-9H3. The molecule has 0 aliphatic rings.